The molecule has 2 fully saturated rings. The van der Waals surface area contributed by atoms with Crippen LogP contribution in [0.15, 0.2) is 59.5 Å². The summed E-state index contributed by atoms with van der Waals surface area (Å²) < 4.78 is 32.6. The number of hydrogen-bond acceptors (Lipinski definition) is 4. The molecule has 1 saturated carbocycles. The summed E-state index contributed by atoms with van der Waals surface area (Å²) in [6, 6.07) is 16.5. The molecule has 0 aromatic heterocycles. The Labute approximate surface area is 191 Å². The molecule has 1 amide bonds. The SMILES string of the molecule is COc1cccc(C2(C(=O)NCC3CCN(S(=O)(=O)c4ccccc4)CC3)CCCC2)c1. The predicted molar refractivity (Wildman–Crippen MR) is 124 cm³/mol. The molecule has 2 aromatic rings. The zero-order chi connectivity index (χ0) is 22.6. The average molecular weight is 457 g/mol. The summed E-state index contributed by atoms with van der Waals surface area (Å²) in [6.07, 6.45) is 5.28. The van der Waals surface area contributed by atoms with Crippen molar-refractivity contribution in [3.8, 4) is 5.75 Å². The second-order valence-electron chi connectivity index (χ2n) is 8.89. The van der Waals surface area contributed by atoms with Gasteiger partial charge in [-0.15, -0.1) is 0 Å². The van der Waals surface area contributed by atoms with Gasteiger partial charge in [0.15, 0.2) is 0 Å². The van der Waals surface area contributed by atoms with Crippen molar-refractivity contribution in [1.82, 2.24) is 9.62 Å². The summed E-state index contributed by atoms with van der Waals surface area (Å²) >= 11 is 0. The Balaban J connectivity index is 1.36. The molecule has 0 unspecified atom stereocenters. The van der Waals surface area contributed by atoms with Crippen LogP contribution < -0.4 is 10.1 Å². The first-order chi connectivity index (χ1) is 15.5. The van der Waals surface area contributed by atoms with Crippen molar-refractivity contribution in [1.29, 1.82) is 0 Å². The van der Waals surface area contributed by atoms with Gasteiger partial charge in [0, 0.05) is 19.6 Å². The Morgan fingerprint density at radius 2 is 1.75 bits per heavy atom. The highest BCUT2D eigenvalue weighted by molar-refractivity contribution is 7.89. The van der Waals surface area contributed by atoms with Gasteiger partial charge in [0.25, 0.3) is 0 Å². The van der Waals surface area contributed by atoms with Crippen LogP contribution in [-0.2, 0) is 20.2 Å². The summed E-state index contributed by atoms with van der Waals surface area (Å²) in [5, 5.41) is 3.21. The van der Waals surface area contributed by atoms with E-state index in [1.54, 1.807) is 35.7 Å². The summed E-state index contributed by atoms with van der Waals surface area (Å²) in [4.78, 5) is 13.7. The number of nitrogens with zero attached hydrogens (tertiary/aromatic N) is 1. The molecule has 6 nitrogen and oxygen atoms in total. The lowest BCUT2D eigenvalue weighted by Gasteiger charge is -2.33. The minimum absolute atomic E-state index is 0.0857. The second kappa shape index (κ2) is 9.63. The van der Waals surface area contributed by atoms with Gasteiger partial charge in [-0.3, -0.25) is 4.79 Å². The smallest absolute Gasteiger partial charge is 0.243 e. The van der Waals surface area contributed by atoms with E-state index < -0.39 is 15.4 Å². The van der Waals surface area contributed by atoms with Gasteiger partial charge in [-0.1, -0.05) is 43.2 Å². The first-order valence-corrected chi connectivity index (χ1v) is 12.9. The molecule has 1 aliphatic heterocycles. The zero-order valence-corrected chi connectivity index (χ0v) is 19.4. The normalized spacial score (nSPS) is 19.5. The summed E-state index contributed by atoms with van der Waals surface area (Å²) in [5.74, 6) is 1.14. The van der Waals surface area contributed by atoms with Gasteiger partial charge < -0.3 is 10.1 Å². The predicted octanol–water partition coefficient (Wildman–Crippen LogP) is 3.72. The van der Waals surface area contributed by atoms with Gasteiger partial charge in [-0.25, -0.2) is 8.42 Å². The van der Waals surface area contributed by atoms with Crippen LogP contribution in [0, 0.1) is 5.92 Å². The number of rotatable bonds is 7. The minimum atomic E-state index is -3.45. The maximum absolute atomic E-state index is 13.4. The lowest BCUT2D eigenvalue weighted by atomic mass is 9.77. The molecule has 2 aliphatic rings. The topological polar surface area (TPSA) is 75.7 Å². The number of methoxy groups -OCH3 is 1. The van der Waals surface area contributed by atoms with Crippen molar-refractivity contribution >= 4 is 15.9 Å². The molecule has 172 valence electrons. The number of benzene rings is 2. The van der Waals surface area contributed by atoms with Gasteiger partial charge in [-0.05, 0) is 61.4 Å². The highest BCUT2D eigenvalue weighted by Gasteiger charge is 2.43. The molecular weight excluding hydrogens is 424 g/mol. The van der Waals surface area contributed by atoms with Crippen LogP contribution >= 0.6 is 0 Å². The largest absolute Gasteiger partial charge is 0.497 e. The molecule has 4 rings (SSSR count). The molecule has 0 spiro atoms. The monoisotopic (exact) mass is 456 g/mol. The minimum Gasteiger partial charge on any atom is -0.497 e. The van der Waals surface area contributed by atoms with E-state index >= 15 is 0 Å². The molecule has 0 bridgehead atoms. The van der Waals surface area contributed by atoms with E-state index in [1.807, 2.05) is 30.3 Å². The van der Waals surface area contributed by atoms with Gasteiger partial charge in [-0.2, -0.15) is 4.31 Å². The van der Waals surface area contributed by atoms with Crippen molar-refractivity contribution in [2.75, 3.05) is 26.7 Å². The molecule has 1 aliphatic carbocycles. The third kappa shape index (κ3) is 4.55. The van der Waals surface area contributed by atoms with E-state index in [0.717, 1.165) is 49.8 Å². The van der Waals surface area contributed by atoms with E-state index in [2.05, 4.69) is 5.32 Å². The molecule has 1 N–H and O–H groups in total. The molecule has 7 heteroatoms. The molecular formula is C25H32N2O4S. The van der Waals surface area contributed by atoms with Crippen molar-refractivity contribution < 1.29 is 17.9 Å². The van der Waals surface area contributed by atoms with Crippen molar-refractivity contribution in [3.05, 3.63) is 60.2 Å². The molecule has 0 atom stereocenters. The Bertz CT molecular complexity index is 1020. The van der Waals surface area contributed by atoms with Crippen LogP contribution in [-0.4, -0.2) is 45.4 Å². The number of nitrogens with one attached hydrogen (secondary N) is 1. The Hall–Kier alpha value is -2.38. The van der Waals surface area contributed by atoms with E-state index in [-0.39, 0.29) is 11.8 Å². The Morgan fingerprint density at radius 3 is 2.41 bits per heavy atom. The summed E-state index contributed by atoms with van der Waals surface area (Å²) in [7, 11) is -1.80. The van der Waals surface area contributed by atoms with E-state index in [4.69, 9.17) is 4.74 Å². The number of piperidine rings is 1. The highest BCUT2D eigenvalue weighted by Crippen LogP contribution is 2.42. The fourth-order valence-corrected chi connectivity index (χ4v) is 6.54. The summed E-state index contributed by atoms with van der Waals surface area (Å²) in [6.45, 7) is 1.56. The van der Waals surface area contributed by atoms with Crippen LogP contribution in [0.3, 0.4) is 0 Å². The zero-order valence-electron chi connectivity index (χ0n) is 18.6. The molecule has 32 heavy (non-hydrogen) atoms. The van der Waals surface area contributed by atoms with Gasteiger partial charge >= 0.3 is 0 Å². The van der Waals surface area contributed by atoms with Gasteiger partial charge in [0.1, 0.15) is 5.75 Å². The third-order valence-corrected chi connectivity index (χ3v) is 8.93. The molecule has 0 radical (unpaired) electrons. The van der Waals surface area contributed by atoms with Crippen LogP contribution in [0.2, 0.25) is 0 Å². The van der Waals surface area contributed by atoms with Gasteiger partial charge in [0.2, 0.25) is 15.9 Å². The number of carbonyl (C=O) groups is 1. The van der Waals surface area contributed by atoms with Crippen molar-refractivity contribution in [3.63, 3.8) is 0 Å². The van der Waals surface area contributed by atoms with Crippen LogP contribution in [0.25, 0.3) is 0 Å². The standard InChI is InChI=1S/C25H32N2O4S/c1-31-22-9-7-8-21(18-22)25(14-5-6-15-25)24(28)26-19-20-12-16-27(17-13-20)32(29,30)23-10-3-2-4-11-23/h2-4,7-11,18,20H,5-6,12-17,19H2,1H3,(H,26,28). The molecule has 2 aromatic carbocycles. The highest BCUT2D eigenvalue weighted by atomic mass is 32.2. The summed E-state index contributed by atoms with van der Waals surface area (Å²) in [5.41, 5.74) is 0.530. The number of ether oxygens (including phenoxy) is 1. The van der Waals surface area contributed by atoms with E-state index in [1.165, 1.54) is 0 Å². The van der Waals surface area contributed by atoms with Gasteiger partial charge in [0.05, 0.1) is 17.4 Å². The lowest BCUT2D eigenvalue weighted by molar-refractivity contribution is -0.126. The third-order valence-electron chi connectivity index (χ3n) is 7.02. The van der Waals surface area contributed by atoms with E-state index in [9.17, 15) is 13.2 Å². The fraction of sp³-hybridized carbons (Fsp3) is 0.480. The van der Waals surface area contributed by atoms with Crippen LogP contribution in [0.5, 0.6) is 5.75 Å². The fourth-order valence-electron chi connectivity index (χ4n) is 5.05. The first kappa shape index (κ1) is 22.8. The average Bonchev–Trinajstić information content (AvgIpc) is 3.35. The first-order valence-electron chi connectivity index (χ1n) is 11.4. The quantitative estimate of drug-likeness (QED) is 0.689. The maximum Gasteiger partial charge on any atom is 0.243 e. The number of hydrogen-bond donors (Lipinski definition) is 1. The van der Waals surface area contributed by atoms with Crippen molar-refractivity contribution in [2.24, 2.45) is 5.92 Å². The lowest BCUT2D eigenvalue weighted by Crippen LogP contribution is -2.46. The Morgan fingerprint density at radius 1 is 1.06 bits per heavy atom. The number of amides is 1. The number of sulfonamides is 1. The Kier molecular flexibility index (Phi) is 6.86. The van der Waals surface area contributed by atoms with Crippen LogP contribution in [0.1, 0.15) is 44.1 Å². The maximum atomic E-state index is 13.4. The van der Waals surface area contributed by atoms with E-state index in [0.29, 0.717) is 24.5 Å². The molecule has 1 saturated heterocycles. The molecule has 1 heterocycles. The van der Waals surface area contributed by atoms with Crippen LogP contribution in [0.4, 0.5) is 0 Å². The number of carbonyl (C=O) groups excluding carboxylic acids is 1. The second-order valence-corrected chi connectivity index (χ2v) is 10.8. The van der Waals surface area contributed by atoms with Crippen molar-refractivity contribution in [2.45, 2.75) is 48.8 Å².